The van der Waals surface area contributed by atoms with E-state index in [-0.39, 0.29) is 5.91 Å². The molecule has 1 atom stereocenters. The van der Waals surface area contributed by atoms with Gasteiger partial charge in [0, 0.05) is 23.2 Å². The third-order valence-corrected chi connectivity index (χ3v) is 3.94. The second kappa shape index (κ2) is 3.68. The molecule has 2 aliphatic heterocycles. The van der Waals surface area contributed by atoms with Crippen molar-refractivity contribution in [2.45, 2.75) is 5.72 Å². The number of hydrogen-bond acceptors (Lipinski definition) is 2. The second-order valence-corrected chi connectivity index (χ2v) is 4.86. The molecule has 19 heavy (non-hydrogen) atoms. The van der Waals surface area contributed by atoms with Gasteiger partial charge < -0.3 is 4.74 Å². The van der Waals surface area contributed by atoms with Gasteiger partial charge in [-0.2, -0.15) is 0 Å². The van der Waals surface area contributed by atoms with Crippen molar-refractivity contribution < 1.29 is 9.53 Å². The number of rotatable bonds is 1. The molecule has 0 spiro atoms. The van der Waals surface area contributed by atoms with Crippen molar-refractivity contribution in [3.63, 3.8) is 0 Å². The van der Waals surface area contributed by atoms with Crippen LogP contribution in [0.15, 0.2) is 54.6 Å². The van der Waals surface area contributed by atoms with Crippen LogP contribution in [0.25, 0.3) is 0 Å². The Morgan fingerprint density at radius 3 is 2.58 bits per heavy atom. The average Bonchev–Trinajstić information content (AvgIpc) is 3.01. The van der Waals surface area contributed by atoms with Crippen molar-refractivity contribution in [3.8, 4) is 0 Å². The number of benzene rings is 2. The molecule has 4 rings (SSSR count). The molecular weight excluding hydrogens is 238 g/mol. The summed E-state index contributed by atoms with van der Waals surface area (Å²) < 4.78 is 6.05. The summed E-state index contributed by atoms with van der Waals surface area (Å²) in [6.07, 6.45) is 0. The minimum atomic E-state index is -0.713. The smallest absolute Gasteiger partial charge is 0.257 e. The quantitative estimate of drug-likeness (QED) is 0.778. The first kappa shape index (κ1) is 10.8. The molecule has 0 saturated carbocycles. The normalized spacial score (nSPS) is 24.4. The molecule has 1 saturated heterocycles. The molecule has 94 valence electrons. The van der Waals surface area contributed by atoms with Crippen molar-refractivity contribution in [1.29, 1.82) is 0 Å². The van der Waals surface area contributed by atoms with Gasteiger partial charge in [-0.1, -0.05) is 48.5 Å². The Morgan fingerprint density at radius 1 is 1.00 bits per heavy atom. The predicted octanol–water partition coefficient (Wildman–Crippen LogP) is 2.37. The summed E-state index contributed by atoms with van der Waals surface area (Å²) in [7, 11) is 0. The Hall–Kier alpha value is -2.13. The highest BCUT2D eigenvalue weighted by molar-refractivity contribution is 6.00. The first-order valence-electron chi connectivity index (χ1n) is 6.45. The molecule has 0 bridgehead atoms. The summed E-state index contributed by atoms with van der Waals surface area (Å²) in [6, 6.07) is 17.7. The number of hydrogen-bond donors (Lipinski definition) is 0. The van der Waals surface area contributed by atoms with Crippen LogP contribution in [-0.4, -0.2) is 24.0 Å². The number of carbonyl (C=O) groups is 1. The van der Waals surface area contributed by atoms with Gasteiger partial charge >= 0.3 is 0 Å². The molecule has 3 heteroatoms. The fourth-order valence-electron chi connectivity index (χ4n) is 3.16. The Morgan fingerprint density at radius 2 is 1.74 bits per heavy atom. The highest BCUT2D eigenvalue weighted by atomic mass is 16.5. The molecule has 1 amide bonds. The number of nitrogens with zero attached hydrogens (tertiary/aromatic N) is 1. The van der Waals surface area contributed by atoms with E-state index in [1.54, 1.807) is 0 Å². The second-order valence-electron chi connectivity index (χ2n) is 4.86. The third-order valence-electron chi connectivity index (χ3n) is 3.94. The van der Waals surface area contributed by atoms with Crippen molar-refractivity contribution in [2.24, 2.45) is 0 Å². The number of fused-ring (bicyclic) bond motifs is 3. The predicted molar refractivity (Wildman–Crippen MR) is 70.7 cm³/mol. The monoisotopic (exact) mass is 251 g/mol. The maximum atomic E-state index is 12.5. The highest BCUT2D eigenvalue weighted by Gasteiger charge is 2.54. The van der Waals surface area contributed by atoms with Crippen LogP contribution in [0.1, 0.15) is 21.5 Å². The van der Waals surface area contributed by atoms with Crippen LogP contribution >= 0.6 is 0 Å². The van der Waals surface area contributed by atoms with Crippen LogP contribution in [0.4, 0.5) is 0 Å². The van der Waals surface area contributed by atoms with E-state index in [9.17, 15) is 4.79 Å². The van der Waals surface area contributed by atoms with Gasteiger partial charge in [0.05, 0.1) is 6.61 Å². The first-order valence-corrected chi connectivity index (χ1v) is 6.45. The van der Waals surface area contributed by atoms with Crippen LogP contribution in [0.5, 0.6) is 0 Å². The molecule has 0 N–H and O–H groups in total. The number of carbonyl (C=O) groups excluding carboxylic acids is 1. The van der Waals surface area contributed by atoms with Gasteiger partial charge in [-0.15, -0.1) is 0 Å². The minimum Gasteiger partial charge on any atom is -0.345 e. The molecule has 0 unspecified atom stereocenters. The van der Waals surface area contributed by atoms with Crippen molar-refractivity contribution in [2.75, 3.05) is 13.2 Å². The van der Waals surface area contributed by atoms with Gasteiger partial charge in [0.2, 0.25) is 0 Å². The van der Waals surface area contributed by atoms with Crippen LogP contribution in [0, 0.1) is 0 Å². The lowest BCUT2D eigenvalue weighted by Gasteiger charge is -2.31. The zero-order chi connectivity index (χ0) is 12.9. The lowest BCUT2D eigenvalue weighted by Crippen LogP contribution is -2.40. The average molecular weight is 251 g/mol. The largest absolute Gasteiger partial charge is 0.345 e. The summed E-state index contributed by atoms with van der Waals surface area (Å²) in [5, 5.41) is 0. The molecule has 3 nitrogen and oxygen atoms in total. The van der Waals surface area contributed by atoms with E-state index in [4.69, 9.17) is 4.74 Å². The maximum absolute atomic E-state index is 12.5. The zero-order valence-corrected chi connectivity index (χ0v) is 10.4. The summed E-state index contributed by atoms with van der Waals surface area (Å²) in [5.41, 5.74) is 2.02. The summed E-state index contributed by atoms with van der Waals surface area (Å²) in [5.74, 6) is 0.0666. The van der Waals surface area contributed by atoms with Gasteiger partial charge in [-0.3, -0.25) is 9.69 Å². The molecule has 2 aliphatic rings. The molecule has 0 aromatic heterocycles. The Balaban J connectivity index is 2.02. The molecule has 2 aromatic rings. The molecule has 0 radical (unpaired) electrons. The topological polar surface area (TPSA) is 29.5 Å². The first-order chi connectivity index (χ1) is 9.34. The molecule has 2 heterocycles. The van der Waals surface area contributed by atoms with E-state index >= 15 is 0 Å². The van der Waals surface area contributed by atoms with Crippen LogP contribution < -0.4 is 0 Å². The summed E-state index contributed by atoms with van der Waals surface area (Å²) >= 11 is 0. The zero-order valence-electron chi connectivity index (χ0n) is 10.4. The fourth-order valence-corrected chi connectivity index (χ4v) is 3.16. The van der Waals surface area contributed by atoms with E-state index < -0.39 is 5.72 Å². The third kappa shape index (κ3) is 1.23. The van der Waals surface area contributed by atoms with Crippen molar-refractivity contribution in [3.05, 3.63) is 71.3 Å². The van der Waals surface area contributed by atoms with Crippen LogP contribution in [0.2, 0.25) is 0 Å². The SMILES string of the molecule is O=C1c2ccccc2[C@]2(c3ccccc3)OCCN12. The van der Waals surface area contributed by atoms with E-state index in [0.717, 1.165) is 16.7 Å². The molecule has 1 fully saturated rings. The summed E-state index contributed by atoms with van der Waals surface area (Å²) in [6.45, 7) is 1.22. The lowest BCUT2D eigenvalue weighted by atomic mass is 9.94. The Kier molecular flexibility index (Phi) is 2.09. The van der Waals surface area contributed by atoms with Crippen molar-refractivity contribution in [1.82, 2.24) is 4.90 Å². The van der Waals surface area contributed by atoms with E-state index in [2.05, 4.69) is 0 Å². The summed E-state index contributed by atoms with van der Waals surface area (Å²) in [4.78, 5) is 14.3. The minimum absolute atomic E-state index is 0.0666. The van der Waals surface area contributed by atoms with Gasteiger partial charge in [-0.05, 0) is 6.07 Å². The van der Waals surface area contributed by atoms with Gasteiger partial charge in [-0.25, -0.2) is 0 Å². The van der Waals surface area contributed by atoms with E-state index in [1.165, 1.54) is 0 Å². The van der Waals surface area contributed by atoms with Gasteiger partial charge in [0.25, 0.3) is 5.91 Å². The van der Waals surface area contributed by atoms with E-state index in [1.807, 2.05) is 59.5 Å². The van der Waals surface area contributed by atoms with Gasteiger partial charge in [0.1, 0.15) is 0 Å². The molecule has 0 aliphatic carbocycles. The van der Waals surface area contributed by atoms with E-state index in [0.29, 0.717) is 13.2 Å². The Labute approximate surface area is 111 Å². The van der Waals surface area contributed by atoms with Crippen molar-refractivity contribution >= 4 is 5.91 Å². The number of ether oxygens (including phenoxy) is 1. The lowest BCUT2D eigenvalue weighted by molar-refractivity contribution is -0.0304. The fraction of sp³-hybridized carbons (Fsp3) is 0.188. The molecular formula is C16H13NO2. The van der Waals surface area contributed by atoms with Crippen LogP contribution in [0.3, 0.4) is 0 Å². The molecule has 2 aromatic carbocycles. The van der Waals surface area contributed by atoms with Crippen LogP contribution in [-0.2, 0) is 10.5 Å². The van der Waals surface area contributed by atoms with Gasteiger partial charge in [0.15, 0.2) is 5.72 Å². The highest BCUT2D eigenvalue weighted by Crippen LogP contribution is 2.47. The standard InChI is InChI=1S/C16H13NO2/c18-15-13-8-4-5-9-14(13)16(17(15)10-11-19-16)12-6-2-1-3-7-12/h1-9H,10-11H2/t16-/m0/s1. The Bertz CT molecular complexity index is 653. The number of amides is 1. The maximum Gasteiger partial charge on any atom is 0.257 e.